The van der Waals surface area contributed by atoms with E-state index in [1.807, 2.05) is 17.1 Å². The number of amides is 1. The van der Waals surface area contributed by atoms with Crippen LogP contribution in [0.25, 0.3) is 37.2 Å². The van der Waals surface area contributed by atoms with Crippen LogP contribution in [-0.2, 0) is 16.1 Å². The molecule has 5 aromatic heterocycles. The summed E-state index contributed by atoms with van der Waals surface area (Å²) in [6, 6.07) is 2.40. The number of rotatable bonds is 8. The second kappa shape index (κ2) is 9.85. The number of nitrogens with one attached hydrogen (secondary N) is 2. The van der Waals surface area contributed by atoms with E-state index in [0.29, 0.717) is 53.2 Å². The van der Waals surface area contributed by atoms with E-state index in [2.05, 4.69) is 25.3 Å². The first-order valence-electron chi connectivity index (χ1n) is 13.5. The predicted octanol–water partition coefficient (Wildman–Crippen LogP) is 3.50. The Hall–Kier alpha value is -3.61. The summed E-state index contributed by atoms with van der Waals surface area (Å²) in [6.45, 7) is 3.15. The molecular formula is C27H30N8O3S. The molecule has 1 aliphatic carbocycles. The van der Waals surface area contributed by atoms with Crippen molar-refractivity contribution in [1.82, 2.24) is 34.3 Å². The van der Waals surface area contributed by atoms with Gasteiger partial charge in [-0.2, -0.15) is 10.2 Å². The molecule has 8 rings (SSSR count). The second-order valence-electron chi connectivity index (χ2n) is 10.6. The number of thiazole rings is 1. The molecule has 0 radical (unpaired) electrons. The maximum Gasteiger partial charge on any atom is 0.261 e. The van der Waals surface area contributed by atoms with Crippen molar-refractivity contribution in [1.29, 1.82) is 0 Å². The lowest BCUT2D eigenvalue weighted by Crippen LogP contribution is -2.48. The summed E-state index contributed by atoms with van der Waals surface area (Å²) in [4.78, 5) is 37.6. The number of anilines is 1. The Kier molecular flexibility index (Phi) is 6.17. The molecule has 0 atom stereocenters. The molecule has 0 spiro atoms. The van der Waals surface area contributed by atoms with Gasteiger partial charge in [0.25, 0.3) is 5.56 Å². The van der Waals surface area contributed by atoms with Gasteiger partial charge in [-0.1, -0.05) is 0 Å². The molecule has 0 aromatic carbocycles. The number of fused-ring (bicyclic) bond motifs is 8. The van der Waals surface area contributed by atoms with Crippen LogP contribution in [0.1, 0.15) is 32.1 Å². The fourth-order valence-corrected chi connectivity index (χ4v) is 7.13. The zero-order valence-electron chi connectivity index (χ0n) is 21.7. The van der Waals surface area contributed by atoms with Gasteiger partial charge in [0.05, 0.1) is 41.6 Å². The minimum absolute atomic E-state index is 0.0402. The second-order valence-corrected chi connectivity index (χ2v) is 11.6. The van der Waals surface area contributed by atoms with Gasteiger partial charge < -0.3 is 15.0 Å². The maximum absolute atomic E-state index is 13.2. The molecule has 12 heteroatoms. The van der Waals surface area contributed by atoms with Gasteiger partial charge in [0.1, 0.15) is 21.3 Å². The van der Waals surface area contributed by atoms with Crippen LogP contribution in [0, 0.1) is 5.92 Å². The Bertz CT molecular complexity index is 1740. The first-order valence-corrected chi connectivity index (χ1v) is 14.3. The fourth-order valence-electron chi connectivity index (χ4n) is 6.07. The number of carbonyl (C=O) groups is 1. The molecule has 2 saturated heterocycles. The summed E-state index contributed by atoms with van der Waals surface area (Å²) >= 11 is 1.49. The van der Waals surface area contributed by atoms with Gasteiger partial charge in [0, 0.05) is 50.6 Å². The van der Waals surface area contributed by atoms with E-state index in [9.17, 15) is 9.59 Å². The van der Waals surface area contributed by atoms with Crippen LogP contribution in [0.3, 0.4) is 0 Å². The van der Waals surface area contributed by atoms with Crippen molar-refractivity contribution >= 4 is 49.7 Å². The molecule has 3 fully saturated rings. The molecule has 1 saturated carbocycles. The van der Waals surface area contributed by atoms with Crippen molar-refractivity contribution in [2.24, 2.45) is 5.92 Å². The fraction of sp³-hybridized carbons (Fsp3) is 0.444. The van der Waals surface area contributed by atoms with Crippen LogP contribution >= 0.6 is 11.3 Å². The molecule has 1 amide bonds. The summed E-state index contributed by atoms with van der Waals surface area (Å²) in [5, 5.41) is 12.5. The number of piperidine rings is 2. The van der Waals surface area contributed by atoms with Gasteiger partial charge in [-0.25, -0.2) is 4.52 Å². The van der Waals surface area contributed by atoms with Crippen LogP contribution in [0.5, 0.6) is 0 Å². The van der Waals surface area contributed by atoms with Gasteiger partial charge in [-0.05, 0) is 37.7 Å². The number of nitrogens with zero attached hydrogens (tertiary/aromatic N) is 6. The summed E-state index contributed by atoms with van der Waals surface area (Å²) < 4.78 is 8.69. The number of aromatic nitrogens is 6. The molecule has 202 valence electrons. The summed E-state index contributed by atoms with van der Waals surface area (Å²) in [6.07, 6.45) is 12.9. The normalized spacial score (nSPS) is 19.5. The van der Waals surface area contributed by atoms with Crippen molar-refractivity contribution in [3.05, 3.63) is 41.2 Å². The quantitative estimate of drug-likeness (QED) is 0.305. The van der Waals surface area contributed by atoms with Crippen LogP contribution in [0.15, 0.2) is 35.6 Å². The Balaban J connectivity index is 1.11. The highest BCUT2D eigenvalue weighted by molar-refractivity contribution is 7.21. The zero-order chi connectivity index (χ0) is 26.5. The van der Waals surface area contributed by atoms with Crippen LogP contribution in [-0.4, -0.2) is 73.0 Å². The largest absolute Gasteiger partial charge is 0.383 e. The maximum atomic E-state index is 13.2. The molecule has 2 aliphatic heterocycles. The lowest BCUT2D eigenvalue weighted by Gasteiger charge is -2.45. The number of H-pyrrole nitrogens is 1. The highest BCUT2D eigenvalue weighted by atomic mass is 32.1. The molecule has 5 aromatic rings. The van der Waals surface area contributed by atoms with Gasteiger partial charge in [-0.3, -0.25) is 24.2 Å². The van der Waals surface area contributed by atoms with E-state index in [0.717, 1.165) is 34.3 Å². The predicted molar refractivity (Wildman–Crippen MR) is 150 cm³/mol. The van der Waals surface area contributed by atoms with Crippen LogP contribution < -0.4 is 10.9 Å². The Morgan fingerprint density at radius 1 is 1.18 bits per heavy atom. The van der Waals surface area contributed by atoms with E-state index in [1.54, 1.807) is 30.1 Å². The third-order valence-corrected chi connectivity index (χ3v) is 9.22. The van der Waals surface area contributed by atoms with E-state index in [4.69, 9.17) is 9.84 Å². The van der Waals surface area contributed by atoms with Crippen molar-refractivity contribution in [2.75, 3.05) is 32.1 Å². The van der Waals surface area contributed by atoms with Gasteiger partial charge in [-0.15, -0.1) is 11.3 Å². The van der Waals surface area contributed by atoms with Gasteiger partial charge in [0.15, 0.2) is 0 Å². The van der Waals surface area contributed by atoms with Crippen molar-refractivity contribution < 1.29 is 9.53 Å². The number of pyridine rings is 2. The van der Waals surface area contributed by atoms with Crippen LogP contribution in [0.4, 0.5) is 5.69 Å². The smallest absolute Gasteiger partial charge is 0.261 e. The molecule has 2 bridgehead atoms. The Morgan fingerprint density at radius 3 is 2.85 bits per heavy atom. The van der Waals surface area contributed by atoms with E-state index in [1.165, 1.54) is 37.0 Å². The first kappa shape index (κ1) is 24.4. The summed E-state index contributed by atoms with van der Waals surface area (Å²) in [5.41, 5.74) is 2.97. The van der Waals surface area contributed by atoms with Crippen LogP contribution in [0.2, 0.25) is 0 Å². The molecule has 39 heavy (non-hydrogen) atoms. The minimum atomic E-state index is -0.234. The third kappa shape index (κ3) is 4.52. The molecule has 0 unspecified atom stereocenters. The highest BCUT2D eigenvalue weighted by Gasteiger charge is 2.33. The lowest BCUT2D eigenvalue weighted by atomic mass is 9.80. The molecule has 3 aliphatic rings. The van der Waals surface area contributed by atoms with Crippen molar-refractivity contribution in [3.8, 4) is 10.4 Å². The van der Waals surface area contributed by atoms with E-state index in [-0.39, 0.29) is 11.5 Å². The van der Waals surface area contributed by atoms with E-state index < -0.39 is 0 Å². The van der Waals surface area contributed by atoms with Gasteiger partial charge in [0.2, 0.25) is 5.91 Å². The number of hydrogen-bond acceptors (Lipinski definition) is 8. The number of aromatic amines is 1. The average molecular weight is 547 g/mol. The first-order chi connectivity index (χ1) is 19.1. The summed E-state index contributed by atoms with van der Waals surface area (Å²) in [5.74, 6) is 0.757. The molecule has 7 heterocycles. The highest BCUT2D eigenvalue weighted by Crippen LogP contribution is 2.35. The standard InChI is InChI=1S/C27H30N8O3S/c1-38-9-8-34-14-17(11-29-34)21-15-35-27(39-21)23-25(32-35)24-20(31-26(23)37)10-18(12-28-24)30-22(36)6-7-33-13-16-2-4-19(33)5-3-16/h10-12,14-16,19H,2-9,13H2,1H3,(H,30,36)(H,31,37). The number of methoxy groups -OCH3 is 1. The topological polar surface area (TPSA) is 122 Å². The van der Waals surface area contributed by atoms with Gasteiger partial charge >= 0.3 is 0 Å². The molecule has 2 N–H and O–H groups in total. The Labute approximate surface area is 227 Å². The zero-order valence-corrected chi connectivity index (χ0v) is 22.5. The number of ether oxygens (including phenoxy) is 1. The van der Waals surface area contributed by atoms with Crippen molar-refractivity contribution in [2.45, 2.75) is 44.7 Å². The minimum Gasteiger partial charge on any atom is -0.383 e. The SMILES string of the molecule is COCCn1cc(-c2cn3nc4c5ncc(NC(=O)CCN6CC7CCC6CC7)cc5[nH]c(=O)c4c3s2)cn1. The lowest BCUT2D eigenvalue weighted by molar-refractivity contribution is -0.117. The Morgan fingerprint density at radius 2 is 2.05 bits per heavy atom. The third-order valence-electron chi connectivity index (χ3n) is 8.08. The molecular weight excluding hydrogens is 516 g/mol. The molecule has 11 nitrogen and oxygen atoms in total. The number of hydrogen-bond donors (Lipinski definition) is 2. The van der Waals surface area contributed by atoms with E-state index >= 15 is 0 Å². The average Bonchev–Trinajstić information content (AvgIpc) is 3.66. The number of carbonyl (C=O) groups excluding carboxylic acids is 1. The monoisotopic (exact) mass is 546 g/mol. The van der Waals surface area contributed by atoms with Crippen molar-refractivity contribution in [3.63, 3.8) is 0 Å². The summed E-state index contributed by atoms with van der Waals surface area (Å²) in [7, 11) is 1.66.